The second-order valence-corrected chi connectivity index (χ2v) is 7.25. The Morgan fingerprint density at radius 2 is 2.00 bits per heavy atom. The number of rotatable bonds is 7. The average Bonchev–Trinajstić information content (AvgIpc) is 3.02. The van der Waals surface area contributed by atoms with Crippen LogP contribution in [0.3, 0.4) is 0 Å². The van der Waals surface area contributed by atoms with E-state index in [0.29, 0.717) is 13.0 Å². The summed E-state index contributed by atoms with van der Waals surface area (Å²) in [6, 6.07) is 9.68. The fraction of sp³-hybridized carbons (Fsp3) is 0.333. The van der Waals surface area contributed by atoms with E-state index in [-0.39, 0.29) is 5.75 Å². The topological polar surface area (TPSA) is 81.1 Å². The van der Waals surface area contributed by atoms with Crippen molar-refractivity contribution in [2.75, 3.05) is 18.1 Å². The minimum absolute atomic E-state index is 0.0185. The van der Waals surface area contributed by atoms with Gasteiger partial charge in [-0.25, -0.2) is 13.1 Å². The number of amides is 1. The maximum absolute atomic E-state index is 11.5. The second-order valence-electron chi connectivity index (χ2n) is 4.89. The third-order valence-corrected chi connectivity index (χ3v) is 4.81. The number of benzene rings is 1. The van der Waals surface area contributed by atoms with E-state index in [4.69, 9.17) is 0 Å². The highest BCUT2D eigenvalue weighted by Crippen LogP contribution is 2.08. The van der Waals surface area contributed by atoms with Gasteiger partial charge < -0.3 is 5.32 Å². The summed E-state index contributed by atoms with van der Waals surface area (Å²) >= 11 is 0. The molecule has 1 heterocycles. The Hall–Kier alpha value is -2.15. The van der Waals surface area contributed by atoms with Gasteiger partial charge in [0, 0.05) is 24.7 Å². The first-order valence-corrected chi connectivity index (χ1v) is 8.88. The zero-order valence-electron chi connectivity index (χ0n) is 12.4. The van der Waals surface area contributed by atoms with Gasteiger partial charge in [-0.05, 0) is 30.2 Å². The molecular weight excluding hydrogens is 302 g/mol. The lowest BCUT2D eigenvalue weighted by atomic mass is 10.1. The monoisotopic (exact) mass is 321 g/mol. The van der Waals surface area contributed by atoms with E-state index in [1.807, 2.05) is 36.5 Å². The summed E-state index contributed by atoms with van der Waals surface area (Å²) in [6.45, 7) is 1.95. The van der Waals surface area contributed by atoms with Crippen LogP contribution >= 0.6 is 0 Å². The minimum atomic E-state index is -3.27. The third-order valence-electron chi connectivity index (χ3n) is 3.23. The number of hydrogen-bond acceptors (Lipinski definition) is 4. The summed E-state index contributed by atoms with van der Waals surface area (Å²) in [4.78, 5) is 11.5. The minimum Gasteiger partial charge on any atom is -0.355 e. The van der Waals surface area contributed by atoms with Crippen LogP contribution in [0.2, 0.25) is 0 Å². The summed E-state index contributed by atoms with van der Waals surface area (Å²) in [5, 5.41) is 6.77. The van der Waals surface area contributed by atoms with Crippen molar-refractivity contribution in [3.05, 3.63) is 48.3 Å². The van der Waals surface area contributed by atoms with Crippen molar-refractivity contribution in [2.45, 2.75) is 13.3 Å². The molecule has 1 N–H and O–H groups in total. The van der Waals surface area contributed by atoms with E-state index in [9.17, 15) is 13.2 Å². The van der Waals surface area contributed by atoms with Crippen LogP contribution in [0.15, 0.2) is 42.7 Å². The van der Waals surface area contributed by atoms with Crippen molar-refractivity contribution in [3.8, 4) is 5.69 Å². The van der Waals surface area contributed by atoms with Crippen molar-refractivity contribution < 1.29 is 13.2 Å². The molecule has 0 saturated carbocycles. The molecule has 1 aromatic carbocycles. The molecule has 0 aliphatic rings. The zero-order valence-corrected chi connectivity index (χ0v) is 13.2. The first kappa shape index (κ1) is 16.2. The van der Waals surface area contributed by atoms with E-state index in [1.54, 1.807) is 10.9 Å². The van der Waals surface area contributed by atoms with E-state index in [0.717, 1.165) is 11.3 Å². The fourth-order valence-electron chi connectivity index (χ4n) is 1.94. The molecule has 22 heavy (non-hydrogen) atoms. The van der Waals surface area contributed by atoms with E-state index < -0.39 is 21.5 Å². The van der Waals surface area contributed by atoms with Crippen molar-refractivity contribution in [3.63, 3.8) is 0 Å². The summed E-state index contributed by atoms with van der Waals surface area (Å²) < 4.78 is 24.4. The van der Waals surface area contributed by atoms with Gasteiger partial charge in [0.2, 0.25) is 5.91 Å². The Labute approximate surface area is 130 Å². The lowest BCUT2D eigenvalue weighted by Gasteiger charge is -2.06. The molecule has 0 spiro atoms. The van der Waals surface area contributed by atoms with Crippen molar-refractivity contribution in [1.29, 1.82) is 0 Å². The Morgan fingerprint density at radius 1 is 1.27 bits per heavy atom. The number of hydrogen-bond donors (Lipinski definition) is 1. The largest absolute Gasteiger partial charge is 0.355 e. The molecule has 0 fully saturated rings. The highest BCUT2D eigenvalue weighted by atomic mass is 32.2. The number of nitrogens with zero attached hydrogens (tertiary/aromatic N) is 2. The number of aromatic nitrogens is 2. The molecule has 7 heteroatoms. The highest BCUT2D eigenvalue weighted by molar-refractivity contribution is 7.92. The first-order chi connectivity index (χ1) is 10.5. The van der Waals surface area contributed by atoms with Crippen molar-refractivity contribution >= 4 is 15.7 Å². The summed E-state index contributed by atoms with van der Waals surface area (Å²) in [7, 11) is -3.27. The molecule has 0 unspecified atom stereocenters. The molecular formula is C15H19N3O3S. The van der Waals surface area contributed by atoms with Crippen LogP contribution in [0, 0.1) is 0 Å². The molecule has 0 bridgehead atoms. The third kappa shape index (κ3) is 4.70. The zero-order chi connectivity index (χ0) is 16.0. The van der Waals surface area contributed by atoms with Crippen LogP contribution in [-0.4, -0.2) is 42.2 Å². The second kappa shape index (κ2) is 7.22. The first-order valence-electron chi connectivity index (χ1n) is 7.06. The predicted octanol–water partition coefficient (Wildman–Crippen LogP) is 0.966. The molecule has 0 atom stereocenters. The van der Waals surface area contributed by atoms with Gasteiger partial charge in [0.15, 0.2) is 9.84 Å². The Balaban J connectivity index is 1.81. The van der Waals surface area contributed by atoms with Crippen LogP contribution in [0.4, 0.5) is 0 Å². The fourth-order valence-corrected chi connectivity index (χ4v) is 2.64. The number of sulfone groups is 1. The lowest BCUT2D eigenvalue weighted by molar-refractivity contribution is -0.118. The van der Waals surface area contributed by atoms with Gasteiger partial charge in [-0.15, -0.1) is 0 Å². The molecule has 6 nitrogen and oxygen atoms in total. The molecule has 118 valence electrons. The van der Waals surface area contributed by atoms with Gasteiger partial charge >= 0.3 is 0 Å². The molecule has 0 aliphatic heterocycles. The molecule has 0 radical (unpaired) electrons. The Bertz CT molecular complexity index is 707. The molecule has 1 amide bonds. The Kier molecular flexibility index (Phi) is 5.32. The normalized spacial score (nSPS) is 11.3. The quantitative estimate of drug-likeness (QED) is 0.824. The van der Waals surface area contributed by atoms with E-state index in [1.165, 1.54) is 6.92 Å². The number of nitrogens with one attached hydrogen (secondary N) is 1. The van der Waals surface area contributed by atoms with Crippen LogP contribution in [0.5, 0.6) is 0 Å². The van der Waals surface area contributed by atoms with E-state index in [2.05, 4.69) is 10.4 Å². The van der Waals surface area contributed by atoms with Gasteiger partial charge in [-0.3, -0.25) is 4.79 Å². The van der Waals surface area contributed by atoms with Crippen LogP contribution < -0.4 is 5.32 Å². The number of carbonyl (C=O) groups excluding carboxylic acids is 1. The molecule has 1 aromatic heterocycles. The van der Waals surface area contributed by atoms with Crippen molar-refractivity contribution in [2.24, 2.45) is 0 Å². The summed E-state index contributed by atoms with van der Waals surface area (Å²) in [5.74, 6) is -0.910. The number of carbonyl (C=O) groups is 1. The van der Waals surface area contributed by atoms with Gasteiger partial charge in [-0.1, -0.05) is 19.1 Å². The van der Waals surface area contributed by atoms with Gasteiger partial charge in [0.05, 0.1) is 5.69 Å². The van der Waals surface area contributed by atoms with E-state index >= 15 is 0 Å². The Morgan fingerprint density at radius 3 is 2.59 bits per heavy atom. The molecule has 2 rings (SSSR count). The molecule has 0 saturated heterocycles. The standard InChI is InChI=1S/C15H19N3O3S/c1-2-22(20,21)12-15(19)16-10-8-13-4-6-14(7-5-13)18-11-3-9-17-18/h3-7,9,11H,2,8,10,12H2,1H3,(H,16,19). The molecule has 2 aromatic rings. The predicted molar refractivity (Wildman–Crippen MR) is 84.6 cm³/mol. The van der Waals surface area contributed by atoms with Crippen LogP contribution in [0.1, 0.15) is 12.5 Å². The maximum Gasteiger partial charge on any atom is 0.235 e. The average molecular weight is 321 g/mol. The van der Waals surface area contributed by atoms with Crippen molar-refractivity contribution in [1.82, 2.24) is 15.1 Å². The van der Waals surface area contributed by atoms with Gasteiger partial charge in [0.1, 0.15) is 5.75 Å². The molecule has 0 aliphatic carbocycles. The lowest BCUT2D eigenvalue weighted by Crippen LogP contribution is -2.32. The van der Waals surface area contributed by atoms with Gasteiger partial charge in [-0.2, -0.15) is 5.10 Å². The van der Waals surface area contributed by atoms with Crippen LogP contribution in [-0.2, 0) is 21.1 Å². The van der Waals surface area contributed by atoms with Crippen LogP contribution in [0.25, 0.3) is 5.69 Å². The van der Waals surface area contributed by atoms with Gasteiger partial charge in [0.25, 0.3) is 0 Å². The smallest absolute Gasteiger partial charge is 0.235 e. The summed E-state index contributed by atoms with van der Waals surface area (Å²) in [5.41, 5.74) is 2.03. The SMILES string of the molecule is CCS(=O)(=O)CC(=O)NCCc1ccc(-n2cccn2)cc1. The highest BCUT2D eigenvalue weighted by Gasteiger charge is 2.13. The summed E-state index contributed by atoms with van der Waals surface area (Å²) in [6.07, 6.45) is 4.23. The maximum atomic E-state index is 11.5.